The van der Waals surface area contributed by atoms with E-state index in [4.69, 9.17) is 9.84 Å². The summed E-state index contributed by atoms with van der Waals surface area (Å²) in [6.45, 7) is 5.49. The summed E-state index contributed by atoms with van der Waals surface area (Å²) < 4.78 is 5.58. The first-order valence-electron chi connectivity index (χ1n) is 7.29. The van der Waals surface area contributed by atoms with Crippen LogP contribution in [0.1, 0.15) is 45.4 Å². The van der Waals surface area contributed by atoms with Gasteiger partial charge >= 0.3 is 5.97 Å². The molecule has 2 aliphatic heterocycles. The van der Waals surface area contributed by atoms with Gasteiger partial charge in [-0.1, -0.05) is 13.3 Å². The van der Waals surface area contributed by atoms with Crippen molar-refractivity contribution in [3.8, 4) is 0 Å². The molecule has 0 aromatic carbocycles. The summed E-state index contributed by atoms with van der Waals surface area (Å²) >= 11 is 0. The van der Waals surface area contributed by atoms with Gasteiger partial charge in [-0.2, -0.15) is 0 Å². The highest BCUT2D eigenvalue weighted by Gasteiger charge is 2.31. The summed E-state index contributed by atoms with van der Waals surface area (Å²) in [5, 5.41) is 8.91. The Balaban J connectivity index is 1.75. The smallest absolute Gasteiger partial charge is 0.332 e. The minimum absolute atomic E-state index is 0.129. The second-order valence-corrected chi connectivity index (χ2v) is 5.67. The molecule has 2 rings (SSSR count). The van der Waals surface area contributed by atoms with Crippen molar-refractivity contribution in [1.82, 2.24) is 4.90 Å². The molecule has 1 N–H and O–H groups in total. The van der Waals surface area contributed by atoms with Crippen LogP contribution in [0, 0.1) is 5.92 Å². The maximum atomic E-state index is 10.8. The van der Waals surface area contributed by atoms with Crippen LogP contribution in [0.5, 0.6) is 0 Å². The van der Waals surface area contributed by atoms with Crippen LogP contribution in [0.2, 0.25) is 0 Å². The quantitative estimate of drug-likeness (QED) is 0.836. The number of carboxylic acid groups (broad SMARTS) is 1. The molecule has 0 aromatic heterocycles. The Morgan fingerprint density at radius 1 is 1.28 bits per heavy atom. The van der Waals surface area contributed by atoms with E-state index in [-0.39, 0.29) is 6.10 Å². The Morgan fingerprint density at radius 2 is 2.11 bits per heavy atom. The molecule has 4 nitrogen and oxygen atoms in total. The lowest BCUT2D eigenvalue weighted by molar-refractivity contribution is -0.149. The van der Waals surface area contributed by atoms with Crippen LogP contribution < -0.4 is 0 Å². The number of likely N-dealkylation sites (tertiary alicyclic amines) is 1. The molecule has 104 valence electrons. The number of rotatable bonds is 4. The van der Waals surface area contributed by atoms with Gasteiger partial charge in [-0.3, -0.25) is 0 Å². The van der Waals surface area contributed by atoms with E-state index >= 15 is 0 Å². The van der Waals surface area contributed by atoms with Crippen LogP contribution in [0.25, 0.3) is 0 Å². The summed E-state index contributed by atoms with van der Waals surface area (Å²) in [7, 11) is 0. The van der Waals surface area contributed by atoms with Gasteiger partial charge in [0.2, 0.25) is 0 Å². The van der Waals surface area contributed by atoms with Crippen LogP contribution in [0.3, 0.4) is 0 Å². The highest BCUT2D eigenvalue weighted by atomic mass is 16.5. The number of carbonyl (C=O) groups is 1. The molecule has 2 saturated heterocycles. The fourth-order valence-electron chi connectivity index (χ4n) is 3.13. The SMILES string of the molecule is CCC1CCCN(CC2CCC(C(=O)O)O2)CC1. The second kappa shape index (κ2) is 6.53. The zero-order valence-electron chi connectivity index (χ0n) is 11.3. The number of aliphatic carboxylic acids is 1. The average molecular weight is 255 g/mol. The lowest BCUT2D eigenvalue weighted by Gasteiger charge is -2.23. The summed E-state index contributed by atoms with van der Waals surface area (Å²) in [6, 6.07) is 0. The van der Waals surface area contributed by atoms with Crippen molar-refractivity contribution in [3.63, 3.8) is 0 Å². The molecular formula is C14H25NO3. The van der Waals surface area contributed by atoms with Gasteiger partial charge in [-0.15, -0.1) is 0 Å². The van der Waals surface area contributed by atoms with Crippen molar-refractivity contribution in [3.05, 3.63) is 0 Å². The van der Waals surface area contributed by atoms with E-state index in [1.54, 1.807) is 0 Å². The van der Waals surface area contributed by atoms with E-state index in [1.807, 2.05) is 0 Å². The van der Waals surface area contributed by atoms with Crippen LogP contribution in [0.4, 0.5) is 0 Å². The molecular weight excluding hydrogens is 230 g/mol. The topological polar surface area (TPSA) is 49.8 Å². The van der Waals surface area contributed by atoms with Gasteiger partial charge < -0.3 is 14.7 Å². The third-order valence-electron chi connectivity index (χ3n) is 4.36. The van der Waals surface area contributed by atoms with Gasteiger partial charge in [0.1, 0.15) is 0 Å². The van der Waals surface area contributed by atoms with E-state index in [0.717, 1.165) is 32.0 Å². The summed E-state index contributed by atoms with van der Waals surface area (Å²) in [5.41, 5.74) is 0. The van der Waals surface area contributed by atoms with Crippen molar-refractivity contribution < 1.29 is 14.6 Å². The average Bonchev–Trinajstić information content (AvgIpc) is 2.69. The Morgan fingerprint density at radius 3 is 2.78 bits per heavy atom. The van der Waals surface area contributed by atoms with Crippen molar-refractivity contribution in [1.29, 1.82) is 0 Å². The highest BCUT2D eigenvalue weighted by Crippen LogP contribution is 2.24. The lowest BCUT2D eigenvalue weighted by atomic mass is 9.98. The Hall–Kier alpha value is -0.610. The molecule has 3 unspecified atom stereocenters. The third-order valence-corrected chi connectivity index (χ3v) is 4.36. The molecule has 2 heterocycles. The van der Waals surface area contributed by atoms with Crippen molar-refractivity contribution in [2.75, 3.05) is 19.6 Å². The summed E-state index contributed by atoms with van der Waals surface area (Å²) in [6.07, 6.45) is 6.31. The molecule has 4 heteroatoms. The Bertz CT molecular complexity index is 282. The minimum atomic E-state index is -0.806. The first kappa shape index (κ1) is 13.8. The van der Waals surface area contributed by atoms with Crippen molar-refractivity contribution >= 4 is 5.97 Å². The van der Waals surface area contributed by atoms with Crippen LogP contribution in [0.15, 0.2) is 0 Å². The molecule has 2 fully saturated rings. The first-order valence-corrected chi connectivity index (χ1v) is 7.29. The van der Waals surface area contributed by atoms with Gasteiger partial charge in [0.15, 0.2) is 6.10 Å². The standard InChI is InChI=1S/C14H25NO3/c1-2-11-4-3-8-15(9-7-11)10-12-5-6-13(18-12)14(16)17/h11-13H,2-10H2,1H3,(H,16,17). The molecule has 18 heavy (non-hydrogen) atoms. The van der Waals surface area contributed by atoms with Crippen LogP contribution in [-0.2, 0) is 9.53 Å². The van der Waals surface area contributed by atoms with Gasteiger partial charge in [0, 0.05) is 6.54 Å². The van der Waals surface area contributed by atoms with Crippen molar-refractivity contribution in [2.45, 2.75) is 57.7 Å². The van der Waals surface area contributed by atoms with Gasteiger partial charge in [-0.25, -0.2) is 4.79 Å². The monoisotopic (exact) mass is 255 g/mol. The zero-order valence-corrected chi connectivity index (χ0v) is 11.3. The fraction of sp³-hybridized carbons (Fsp3) is 0.929. The Labute approximate surface area is 109 Å². The first-order chi connectivity index (χ1) is 8.69. The van der Waals surface area contributed by atoms with Gasteiger partial charge in [0.05, 0.1) is 6.10 Å². The van der Waals surface area contributed by atoms with Gasteiger partial charge in [0.25, 0.3) is 0 Å². The van der Waals surface area contributed by atoms with E-state index in [0.29, 0.717) is 6.42 Å². The molecule has 0 saturated carbocycles. The maximum Gasteiger partial charge on any atom is 0.332 e. The van der Waals surface area contributed by atoms with E-state index in [1.165, 1.54) is 25.7 Å². The number of carboxylic acids is 1. The molecule has 0 aromatic rings. The van der Waals surface area contributed by atoms with Crippen molar-refractivity contribution in [2.24, 2.45) is 5.92 Å². The van der Waals surface area contributed by atoms with Crippen LogP contribution in [-0.4, -0.2) is 47.8 Å². The maximum absolute atomic E-state index is 10.8. The molecule has 3 atom stereocenters. The number of nitrogens with zero attached hydrogens (tertiary/aromatic N) is 1. The molecule has 0 amide bonds. The molecule has 2 aliphatic rings. The predicted octanol–water partition coefficient (Wildman–Crippen LogP) is 2.13. The highest BCUT2D eigenvalue weighted by molar-refractivity contribution is 5.72. The van der Waals surface area contributed by atoms with E-state index in [2.05, 4.69) is 11.8 Å². The largest absolute Gasteiger partial charge is 0.479 e. The zero-order chi connectivity index (χ0) is 13.0. The summed E-state index contributed by atoms with van der Waals surface area (Å²) in [5.74, 6) is 0.0747. The summed E-state index contributed by atoms with van der Waals surface area (Å²) in [4.78, 5) is 13.3. The lowest BCUT2D eigenvalue weighted by Crippen LogP contribution is -2.34. The normalized spacial score (nSPS) is 34.4. The minimum Gasteiger partial charge on any atom is -0.479 e. The van der Waals surface area contributed by atoms with Gasteiger partial charge in [-0.05, 0) is 51.1 Å². The van der Waals surface area contributed by atoms with E-state index in [9.17, 15) is 4.79 Å². The Kier molecular flexibility index (Phi) is 5.01. The number of hydrogen-bond donors (Lipinski definition) is 1. The van der Waals surface area contributed by atoms with Crippen LogP contribution >= 0.6 is 0 Å². The third kappa shape index (κ3) is 3.69. The predicted molar refractivity (Wildman–Crippen MR) is 69.6 cm³/mol. The molecule has 0 aliphatic carbocycles. The molecule has 0 radical (unpaired) electrons. The molecule has 0 bridgehead atoms. The second-order valence-electron chi connectivity index (χ2n) is 5.67. The number of ether oxygens (including phenoxy) is 1. The number of hydrogen-bond acceptors (Lipinski definition) is 3. The molecule has 0 spiro atoms. The van der Waals surface area contributed by atoms with E-state index < -0.39 is 12.1 Å². The fourth-order valence-corrected chi connectivity index (χ4v) is 3.13.